The van der Waals surface area contributed by atoms with Crippen molar-refractivity contribution in [3.05, 3.63) is 29.8 Å². The maximum Gasteiger partial charge on any atom is 0.118 e. The highest BCUT2D eigenvalue weighted by atomic mass is 16.5. The fourth-order valence-corrected chi connectivity index (χ4v) is 2.12. The van der Waals surface area contributed by atoms with E-state index in [-0.39, 0.29) is 6.10 Å². The zero-order valence-corrected chi connectivity index (χ0v) is 11.1. The smallest absolute Gasteiger partial charge is 0.118 e. The molecule has 1 aromatic rings. The second-order valence-corrected chi connectivity index (χ2v) is 4.52. The van der Waals surface area contributed by atoms with Crippen molar-refractivity contribution in [1.29, 1.82) is 0 Å². The molecule has 1 aliphatic rings. The first-order valence-electron chi connectivity index (χ1n) is 6.27. The Hall–Kier alpha value is -1.10. The van der Waals surface area contributed by atoms with Crippen LogP contribution in [0, 0.1) is 0 Å². The van der Waals surface area contributed by atoms with E-state index >= 15 is 0 Å². The van der Waals surface area contributed by atoms with Crippen LogP contribution in [0.15, 0.2) is 24.3 Å². The molecule has 4 heteroatoms. The van der Waals surface area contributed by atoms with Gasteiger partial charge >= 0.3 is 0 Å². The second-order valence-electron chi connectivity index (χ2n) is 4.52. The summed E-state index contributed by atoms with van der Waals surface area (Å²) in [5.74, 6) is 0.896. The number of nitrogens with zero attached hydrogens (tertiary/aromatic N) is 1. The number of hydrogen-bond donors (Lipinski definition) is 0. The summed E-state index contributed by atoms with van der Waals surface area (Å²) in [6.45, 7) is 4.26. The van der Waals surface area contributed by atoms with E-state index in [1.54, 1.807) is 14.2 Å². The molecular formula is C14H21NO3. The van der Waals surface area contributed by atoms with Crippen LogP contribution in [-0.4, -0.2) is 51.5 Å². The number of rotatable bonds is 4. The molecule has 1 fully saturated rings. The van der Waals surface area contributed by atoms with Gasteiger partial charge in [-0.1, -0.05) is 12.1 Å². The van der Waals surface area contributed by atoms with E-state index in [1.165, 1.54) is 5.56 Å². The zero-order valence-electron chi connectivity index (χ0n) is 11.1. The lowest BCUT2D eigenvalue weighted by Crippen LogP contribution is -2.33. The highest BCUT2D eigenvalue weighted by molar-refractivity contribution is 5.27. The summed E-state index contributed by atoms with van der Waals surface area (Å²) in [5, 5.41) is 0. The Morgan fingerprint density at radius 2 is 2.06 bits per heavy atom. The predicted molar refractivity (Wildman–Crippen MR) is 69.9 cm³/mol. The zero-order chi connectivity index (χ0) is 12.8. The lowest BCUT2D eigenvalue weighted by molar-refractivity contribution is 0.0225. The Kier molecular flexibility index (Phi) is 4.99. The number of methoxy groups -OCH3 is 2. The van der Waals surface area contributed by atoms with Gasteiger partial charge in [-0.15, -0.1) is 0 Å². The lowest BCUT2D eigenvalue weighted by atomic mass is 10.2. The molecule has 1 atom stereocenters. The van der Waals surface area contributed by atoms with Crippen molar-refractivity contribution in [1.82, 2.24) is 4.90 Å². The topological polar surface area (TPSA) is 30.9 Å². The number of benzene rings is 1. The van der Waals surface area contributed by atoms with Crippen LogP contribution in [-0.2, 0) is 16.0 Å². The van der Waals surface area contributed by atoms with Crippen molar-refractivity contribution in [2.24, 2.45) is 0 Å². The average Bonchev–Trinajstić information content (AvgIpc) is 2.65. The molecule has 0 aliphatic carbocycles. The summed E-state index contributed by atoms with van der Waals surface area (Å²) in [7, 11) is 3.43. The molecule has 2 rings (SSSR count). The number of hydrogen-bond acceptors (Lipinski definition) is 4. The summed E-state index contributed by atoms with van der Waals surface area (Å²) < 4.78 is 16.1. The summed E-state index contributed by atoms with van der Waals surface area (Å²) in [6.07, 6.45) is 0.172. The Morgan fingerprint density at radius 1 is 1.28 bits per heavy atom. The van der Waals surface area contributed by atoms with Crippen molar-refractivity contribution in [2.45, 2.75) is 12.6 Å². The van der Waals surface area contributed by atoms with Gasteiger partial charge in [-0.3, -0.25) is 4.90 Å². The Labute approximate surface area is 108 Å². The maximum atomic E-state index is 5.52. The summed E-state index contributed by atoms with van der Waals surface area (Å²) in [5.41, 5.74) is 1.28. The van der Waals surface area contributed by atoms with Gasteiger partial charge in [-0.05, 0) is 17.7 Å². The van der Waals surface area contributed by atoms with Gasteiger partial charge in [0.25, 0.3) is 0 Å². The van der Waals surface area contributed by atoms with Crippen molar-refractivity contribution >= 4 is 0 Å². The first-order chi connectivity index (χ1) is 8.81. The molecule has 1 unspecified atom stereocenters. The molecule has 0 radical (unpaired) electrons. The molecule has 0 saturated carbocycles. The van der Waals surface area contributed by atoms with Gasteiger partial charge in [0.05, 0.1) is 26.4 Å². The molecule has 0 N–H and O–H groups in total. The molecule has 4 nitrogen and oxygen atoms in total. The summed E-state index contributed by atoms with van der Waals surface area (Å²) in [4.78, 5) is 2.36. The van der Waals surface area contributed by atoms with E-state index in [4.69, 9.17) is 14.2 Å². The van der Waals surface area contributed by atoms with Gasteiger partial charge in [0, 0.05) is 26.7 Å². The third-order valence-electron chi connectivity index (χ3n) is 3.22. The van der Waals surface area contributed by atoms with E-state index in [0.29, 0.717) is 6.61 Å². The minimum atomic E-state index is 0.172. The normalized spacial score (nSPS) is 21.6. The quantitative estimate of drug-likeness (QED) is 0.812. The van der Waals surface area contributed by atoms with Gasteiger partial charge in [0.15, 0.2) is 0 Å². The van der Waals surface area contributed by atoms with Gasteiger partial charge in [0.1, 0.15) is 5.75 Å². The van der Waals surface area contributed by atoms with E-state index in [2.05, 4.69) is 17.0 Å². The SMILES string of the molecule is COc1ccc(CN2CCOCC(OC)C2)cc1. The number of ether oxygens (including phenoxy) is 3. The first kappa shape index (κ1) is 13.3. The van der Waals surface area contributed by atoms with Crippen molar-refractivity contribution < 1.29 is 14.2 Å². The fraction of sp³-hybridized carbons (Fsp3) is 0.571. The van der Waals surface area contributed by atoms with Crippen LogP contribution in [0.5, 0.6) is 5.75 Å². The van der Waals surface area contributed by atoms with Gasteiger partial charge in [-0.25, -0.2) is 0 Å². The molecule has 0 bridgehead atoms. The van der Waals surface area contributed by atoms with Crippen LogP contribution in [0.3, 0.4) is 0 Å². The van der Waals surface area contributed by atoms with Crippen LogP contribution in [0.1, 0.15) is 5.56 Å². The van der Waals surface area contributed by atoms with Crippen molar-refractivity contribution in [3.63, 3.8) is 0 Å². The molecule has 100 valence electrons. The van der Waals surface area contributed by atoms with E-state index in [1.807, 2.05) is 12.1 Å². The standard InChI is InChI=1S/C14H21NO3/c1-16-13-5-3-12(4-6-13)9-15-7-8-18-11-14(10-15)17-2/h3-6,14H,7-11H2,1-2H3. The van der Waals surface area contributed by atoms with Crippen LogP contribution < -0.4 is 4.74 Å². The summed E-state index contributed by atoms with van der Waals surface area (Å²) >= 11 is 0. The Balaban J connectivity index is 1.93. The van der Waals surface area contributed by atoms with Crippen LogP contribution in [0.2, 0.25) is 0 Å². The molecule has 0 amide bonds. The Bertz CT molecular complexity index is 353. The molecular weight excluding hydrogens is 230 g/mol. The van der Waals surface area contributed by atoms with Crippen molar-refractivity contribution in [3.8, 4) is 5.75 Å². The monoisotopic (exact) mass is 251 g/mol. The Morgan fingerprint density at radius 3 is 2.72 bits per heavy atom. The van der Waals surface area contributed by atoms with Gasteiger partial charge < -0.3 is 14.2 Å². The molecule has 1 saturated heterocycles. The van der Waals surface area contributed by atoms with E-state index < -0.39 is 0 Å². The van der Waals surface area contributed by atoms with Crippen molar-refractivity contribution in [2.75, 3.05) is 40.5 Å². The highest BCUT2D eigenvalue weighted by Crippen LogP contribution is 2.14. The molecule has 1 heterocycles. The average molecular weight is 251 g/mol. The highest BCUT2D eigenvalue weighted by Gasteiger charge is 2.18. The van der Waals surface area contributed by atoms with Crippen LogP contribution in [0.25, 0.3) is 0 Å². The largest absolute Gasteiger partial charge is 0.497 e. The lowest BCUT2D eigenvalue weighted by Gasteiger charge is -2.22. The molecule has 0 spiro atoms. The molecule has 1 aromatic carbocycles. The molecule has 18 heavy (non-hydrogen) atoms. The van der Waals surface area contributed by atoms with Crippen LogP contribution in [0.4, 0.5) is 0 Å². The third kappa shape index (κ3) is 3.70. The predicted octanol–water partition coefficient (Wildman–Crippen LogP) is 1.54. The first-order valence-corrected chi connectivity index (χ1v) is 6.27. The molecule has 0 aromatic heterocycles. The molecule has 1 aliphatic heterocycles. The van der Waals surface area contributed by atoms with E-state index in [9.17, 15) is 0 Å². The maximum absolute atomic E-state index is 5.52. The summed E-state index contributed by atoms with van der Waals surface area (Å²) in [6, 6.07) is 8.20. The van der Waals surface area contributed by atoms with Gasteiger partial charge in [0.2, 0.25) is 0 Å². The minimum absolute atomic E-state index is 0.172. The van der Waals surface area contributed by atoms with Crippen LogP contribution >= 0.6 is 0 Å². The third-order valence-corrected chi connectivity index (χ3v) is 3.22. The second kappa shape index (κ2) is 6.73. The van der Waals surface area contributed by atoms with Gasteiger partial charge in [-0.2, -0.15) is 0 Å². The van der Waals surface area contributed by atoms with E-state index in [0.717, 1.165) is 32.0 Å². The minimum Gasteiger partial charge on any atom is -0.497 e. The fourth-order valence-electron chi connectivity index (χ4n) is 2.12.